The predicted molar refractivity (Wildman–Crippen MR) is 118 cm³/mol. The van der Waals surface area contributed by atoms with Gasteiger partial charge in [0.2, 0.25) is 0 Å². The van der Waals surface area contributed by atoms with Crippen LogP contribution in [0.15, 0.2) is 34.7 Å². The number of esters is 1. The van der Waals surface area contributed by atoms with Crippen LogP contribution in [0.3, 0.4) is 0 Å². The molecule has 0 bridgehead atoms. The molecule has 1 aliphatic carbocycles. The Morgan fingerprint density at radius 2 is 2.03 bits per heavy atom. The quantitative estimate of drug-likeness (QED) is 0.467. The predicted octanol–water partition coefficient (Wildman–Crippen LogP) is 4.17. The summed E-state index contributed by atoms with van der Waals surface area (Å²) in [5.41, 5.74) is 3.11. The van der Waals surface area contributed by atoms with Gasteiger partial charge in [-0.25, -0.2) is 4.79 Å². The first-order valence-electron chi connectivity index (χ1n) is 9.57. The van der Waals surface area contributed by atoms with Gasteiger partial charge in [0.05, 0.1) is 22.9 Å². The number of hydrogen-bond acceptors (Lipinski definition) is 6. The average Bonchev–Trinajstić information content (AvgIpc) is 2.61. The number of phenolic OH excluding ortho intramolecular Hbond substituents is 1. The van der Waals surface area contributed by atoms with E-state index in [9.17, 15) is 14.7 Å². The van der Waals surface area contributed by atoms with Gasteiger partial charge in [-0.2, -0.15) is 0 Å². The smallest absolute Gasteiger partial charge is 0.336 e. The Morgan fingerprint density at radius 1 is 1.34 bits per heavy atom. The standard InChI is InChI=1S/C22H26INO5/c1-6-29-21(27)17-11(2)24-14-9-22(3,4)10-15(25)19(14)18(17)12-7-13(23)20(26)16(8-12)28-5/h7-8,18,24,26H,6,9-10H2,1-5H3. The molecule has 1 aromatic carbocycles. The highest BCUT2D eigenvalue weighted by Gasteiger charge is 2.43. The molecule has 6 nitrogen and oxygen atoms in total. The number of hydrogen-bond donors (Lipinski definition) is 2. The fourth-order valence-electron chi connectivity index (χ4n) is 4.16. The zero-order chi connectivity index (χ0) is 21.5. The number of allylic oxidation sites excluding steroid dienone is 3. The number of rotatable bonds is 4. The normalized spacial score (nSPS) is 20.9. The minimum Gasteiger partial charge on any atom is -0.504 e. The summed E-state index contributed by atoms with van der Waals surface area (Å²) in [6.45, 7) is 7.96. The molecular formula is C22H26INO5. The lowest BCUT2D eigenvalue weighted by atomic mass is 9.68. The van der Waals surface area contributed by atoms with E-state index in [2.05, 4.69) is 19.2 Å². The lowest BCUT2D eigenvalue weighted by Crippen LogP contribution is -2.38. The molecule has 29 heavy (non-hydrogen) atoms. The van der Waals surface area contributed by atoms with Crippen molar-refractivity contribution < 1.29 is 24.2 Å². The summed E-state index contributed by atoms with van der Waals surface area (Å²) in [7, 11) is 1.48. The number of aromatic hydroxyl groups is 1. The third-order valence-corrected chi connectivity index (χ3v) is 6.16. The molecule has 0 aromatic heterocycles. The average molecular weight is 511 g/mol. The Balaban J connectivity index is 2.25. The number of Topliss-reactive ketones (excluding diaryl/α,β-unsaturated/α-hetero) is 1. The molecule has 2 N–H and O–H groups in total. The Bertz CT molecular complexity index is 945. The van der Waals surface area contributed by atoms with E-state index in [1.807, 2.05) is 29.5 Å². The number of nitrogens with one attached hydrogen (secondary N) is 1. The van der Waals surface area contributed by atoms with Crippen LogP contribution in [-0.4, -0.2) is 30.6 Å². The molecule has 7 heteroatoms. The molecule has 1 heterocycles. The van der Waals surface area contributed by atoms with Gasteiger partial charge < -0.3 is 19.9 Å². The van der Waals surface area contributed by atoms with Crippen molar-refractivity contribution in [2.24, 2.45) is 5.41 Å². The second-order valence-corrected chi connectivity index (χ2v) is 9.37. The van der Waals surface area contributed by atoms with Crippen LogP contribution in [0.5, 0.6) is 11.5 Å². The maximum absolute atomic E-state index is 13.2. The third kappa shape index (κ3) is 4.01. The number of ketones is 1. The van der Waals surface area contributed by atoms with Gasteiger partial charge in [0.1, 0.15) is 0 Å². The zero-order valence-electron chi connectivity index (χ0n) is 17.3. The Morgan fingerprint density at radius 3 is 2.66 bits per heavy atom. The van der Waals surface area contributed by atoms with Gasteiger partial charge in [-0.15, -0.1) is 0 Å². The van der Waals surface area contributed by atoms with E-state index in [-0.39, 0.29) is 23.6 Å². The Kier molecular flexibility index (Phi) is 5.98. The minimum absolute atomic E-state index is 0.0186. The maximum atomic E-state index is 13.2. The number of ether oxygens (including phenoxy) is 2. The van der Waals surface area contributed by atoms with Gasteiger partial charge in [0, 0.05) is 29.3 Å². The molecule has 1 unspecified atom stereocenters. The van der Waals surface area contributed by atoms with E-state index in [0.717, 1.165) is 5.70 Å². The van der Waals surface area contributed by atoms with Crippen molar-refractivity contribution in [3.05, 3.63) is 43.8 Å². The molecule has 1 aromatic rings. The molecule has 0 saturated carbocycles. The SMILES string of the molecule is CCOC(=O)C1=C(C)NC2=C(C(=O)CC(C)(C)C2)C1c1cc(I)c(O)c(OC)c1. The summed E-state index contributed by atoms with van der Waals surface area (Å²) in [6, 6.07) is 3.48. The van der Waals surface area contributed by atoms with Gasteiger partial charge in [0.25, 0.3) is 0 Å². The molecule has 0 fully saturated rings. The Hall–Kier alpha value is -2.03. The summed E-state index contributed by atoms with van der Waals surface area (Å²) in [5.74, 6) is -0.665. The van der Waals surface area contributed by atoms with Gasteiger partial charge >= 0.3 is 5.97 Å². The summed E-state index contributed by atoms with van der Waals surface area (Å²) in [4.78, 5) is 26.1. The van der Waals surface area contributed by atoms with Crippen LogP contribution in [-0.2, 0) is 14.3 Å². The summed E-state index contributed by atoms with van der Waals surface area (Å²) in [5, 5.41) is 13.6. The number of phenols is 1. The van der Waals surface area contributed by atoms with Gasteiger partial charge in [-0.1, -0.05) is 13.8 Å². The first-order valence-corrected chi connectivity index (χ1v) is 10.6. The van der Waals surface area contributed by atoms with Crippen LogP contribution >= 0.6 is 22.6 Å². The molecule has 156 valence electrons. The molecule has 0 radical (unpaired) electrons. The zero-order valence-corrected chi connectivity index (χ0v) is 19.5. The lowest BCUT2D eigenvalue weighted by Gasteiger charge is -2.39. The van der Waals surface area contributed by atoms with Crippen molar-refractivity contribution in [1.82, 2.24) is 5.32 Å². The van der Waals surface area contributed by atoms with Crippen molar-refractivity contribution in [3.63, 3.8) is 0 Å². The number of carbonyl (C=O) groups excluding carboxylic acids is 2. The first-order chi connectivity index (χ1) is 13.6. The van der Waals surface area contributed by atoms with E-state index in [1.54, 1.807) is 19.1 Å². The molecule has 1 atom stereocenters. The van der Waals surface area contributed by atoms with Gasteiger partial charge in [-0.3, -0.25) is 4.79 Å². The Labute approximate surface area is 184 Å². The molecule has 3 rings (SSSR count). The van der Waals surface area contributed by atoms with E-state index >= 15 is 0 Å². The largest absolute Gasteiger partial charge is 0.504 e. The highest BCUT2D eigenvalue weighted by atomic mass is 127. The minimum atomic E-state index is -0.572. The van der Waals surface area contributed by atoms with Crippen LogP contribution in [0, 0.1) is 8.99 Å². The molecule has 1 aliphatic heterocycles. The van der Waals surface area contributed by atoms with Crippen LogP contribution in [0.25, 0.3) is 0 Å². The van der Waals surface area contributed by atoms with Crippen LogP contribution in [0.2, 0.25) is 0 Å². The second-order valence-electron chi connectivity index (χ2n) is 8.20. The van der Waals surface area contributed by atoms with Gasteiger partial charge in [0.15, 0.2) is 17.3 Å². The number of halogens is 1. The van der Waals surface area contributed by atoms with Crippen LogP contribution in [0.4, 0.5) is 0 Å². The third-order valence-electron chi connectivity index (χ3n) is 5.34. The van der Waals surface area contributed by atoms with E-state index < -0.39 is 11.9 Å². The topological polar surface area (TPSA) is 84.9 Å². The lowest BCUT2D eigenvalue weighted by molar-refractivity contribution is -0.138. The molecular weight excluding hydrogens is 485 g/mol. The summed E-state index contributed by atoms with van der Waals surface area (Å²) in [6.07, 6.45) is 1.12. The fraction of sp³-hybridized carbons (Fsp3) is 0.455. The highest BCUT2D eigenvalue weighted by molar-refractivity contribution is 14.1. The molecule has 0 amide bonds. The number of benzene rings is 1. The van der Waals surface area contributed by atoms with Crippen molar-refractivity contribution in [2.45, 2.75) is 46.5 Å². The van der Waals surface area contributed by atoms with E-state index in [4.69, 9.17) is 9.47 Å². The van der Waals surface area contributed by atoms with Crippen molar-refractivity contribution >= 4 is 34.3 Å². The van der Waals surface area contributed by atoms with E-state index in [1.165, 1.54) is 7.11 Å². The van der Waals surface area contributed by atoms with E-state index in [0.29, 0.717) is 44.6 Å². The van der Waals surface area contributed by atoms with Crippen molar-refractivity contribution in [3.8, 4) is 11.5 Å². The van der Waals surface area contributed by atoms with Crippen molar-refractivity contribution in [2.75, 3.05) is 13.7 Å². The van der Waals surface area contributed by atoms with Crippen LogP contribution in [0.1, 0.15) is 52.0 Å². The number of dihydropyridines is 1. The molecule has 2 aliphatic rings. The monoisotopic (exact) mass is 511 g/mol. The van der Waals surface area contributed by atoms with Crippen molar-refractivity contribution in [1.29, 1.82) is 0 Å². The van der Waals surface area contributed by atoms with Gasteiger partial charge in [-0.05, 0) is 66.0 Å². The first kappa shape index (κ1) is 21.7. The second kappa shape index (κ2) is 8.01. The molecule has 0 spiro atoms. The van der Waals surface area contributed by atoms with Crippen LogP contribution < -0.4 is 10.1 Å². The highest BCUT2D eigenvalue weighted by Crippen LogP contribution is 2.48. The molecule has 0 saturated heterocycles. The fourth-order valence-corrected chi connectivity index (χ4v) is 4.79. The summed E-state index contributed by atoms with van der Waals surface area (Å²) < 4.78 is 11.2. The maximum Gasteiger partial charge on any atom is 0.336 e. The number of carbonyl (C=O) groups is 2. The summed E-state index contributed by atoms with van der Waals surface area (Å²) >= 11 is 2.02. The number of methoxy groups -OCH3 is 1.